The van der Waals surface area contributed by atoms with Crippen LogP contribution in [0.4, 0.5) is 0 Å². The summed E-state index contributed by atoms with van der Waals surface area (Å²) in [5.74, 6) is -0.171. The van der Waals surface area contributed by atoms with Crippen molar-refractivity contribution in [1.29, 1.82) is 0 Å². The van der Waals surface area contributed by atoms with Gasteiger partial charge in [-0.05, 0) is 131 Å². The quantitative estimate of drug-likeness (QED) is 0.103. The van der Waals surface area contributed by atoms with Gasteiger partial charge in [0.25, 0.3) is 0 Å². The smallest absolute Gasteiger partial charge is 0.321 e. The summed E-state index contributed by atoms with van der Waals surface area (Å²) < 4.78 is 5.37. The number of carbonyl (C=O) groups excluding carboxylic acids is 1. The first kappa shape index (κ1) is 32.1. The first-order chi connectivity index (χ1) is 16.0. The third kappa shape index (κ3) is 20.3. The molecule has 0 fully saturated rings. The maximum atomic E-state index is 12.4. The highest BCUT2D eigenvalue weighted by atomic mass is 16.5. The number of hydrogen-bond donors (Lipinski definition) is 4. The lowest BCUT2D eigenvalue weighted by Gasteiger charge is -2.27. The number of nitrogens with two attached hydrogens (primary N) is 4. The third-order valence-corrected chi connectivity index (χ3v) is 5.45. The molecule has 0 saturated carbocycles. The third-order valence-electron chi connectivity index (χ3n) is 5.45. The zero-order valence-electron chi connectivity index (χ0n) is 21.6. The van der Waals surface area contributed by atoms with Gasteiger partial charge in [-0.25, -0.2) is 0 Å². The normalized spacial score (nSPS) is 11.9. The molecule has 0 rings (SSSR count). The van der Waals surface area contributed by atoms with Crippen LogP contribution in [-0.2, 0) is 9.53 Å². The molecule has 0 aromatic rings. The van der Waals surface area contributed by atoms with E-state index < -0.39 is 0 Å². The number of nitrogens with zero attached hydrogens (tertiary/aromatic N) is 4. The predicted octanol–water partition coefficient (Wildman–Crippen LogP) is -0.870. The van der Waals surface area contributed by atoms with Gasteiger partial charge >= 0.3 is 5.97 Å². The van der Waals surface area contributed by atoms with Gasteiger partial charge in [0.05, 0.1) is 6.54 Å². The number of ether oxygens (including phenoxy) is 1. The van der Waals surface area contributed by atoms with Gasteiger partial charge in [0.2, 0.25) is 0 Å². The molecule has 0 aliphatic rings. The van der Waals surface area contributed by atoms with Gasteiger partial charge in [-0.2, -0.15) is 0 Å². The molecule has 0 aromatic heterocycles. The van der Waals surface area contributed by atoms with Gasteiger partial charge < -0.3 is 37.5 Å². The van der Waals surface area contributed by atoms with Crippen LogP contribution in [0.2, 0.25) is 0 Å². The summed E-state index contributed by atoms with van der Waals surface area (Å²) >= 11 is 0. The van der Waals surface area contributed by atoms with Crippen LogP contribution in [0.15, 0.2) is 0 Å². The molecule has 0 aliphatic carbocycles. The maximum absolute atomic E-state index is 12.4. The van der Waals surface area contributed by atoms with Crippen molar-refractivity contribution in [3.8, 4) is 0 Å². The molecule has 0 heterocycles. The molecular formula is C23H54N8O2. The lowest BCUT2D eigenvalue weighted by atomic mass is 10.2. The van der Waals surface area contributed by atoms with Crippen LogP contribution in [0.1, 0.15) is 38.5 Å². The van der Waals surface area contributed by atoms with E-state index in [-0.39, 0.29) is 5.97 Å². The minimum Gasteiger partial charge on any atom is -0.449 e. The van der Waals surface area contributed by atoms with E-state index in [1.807, 2.05) is 19.0 Å². The fourth-order valence-electron chi connectivity index (χ4n) is 3.67. The monoisotopic (exact) mass is 474 g/mol. The fraction of sp³-hybridized carbons (Fsp3) is 0.957. The molecule has 0 saturated heterocycles. The Labute approximate surface area is 202 Å². The van der Waals surface area contributed by atoms with E-state index >= 15 is 0 Å². The zero-order chi connectivity index (χ0) is 24.7. The molecular weight excluding hydrogens is 420 g/mol. The van der Waals surface area contributed by atoms with Crippen molar-refractivity contribution in [2.24, 2.45) is 22.9 Å². The van der Waals surface area contributed by atoms with E-state index in [1.54, 1.807) is 0 Å². The Balaban J connectivity index is 4.71. The zero-order valence-corrected chi connectivity index (χ0v) is 21.6. The van der Waals surface area contributed by atoms with Gasteiger partial charge in [-0.3, -0.25) is 14.6 Å². The van der Waals surface area contributed by atoms with Crippen LogP contribution in [0, 0.1) is 0 Å². The molecule has 0 spiro atoms. The van der Waals surface area contributed by atoms with Crippen molar-refractivity contribution >= 4 is 5.97 Å². The van der Waals surface area contributed by atoms with E-state index in [1.165, 1.54) is 0 Å². The molecule has 0 unspecified atom stereocenters. The maximum Gasteiger partial charge on any atom is 0.321 e. The summed E-state index contributed by atoms with van der Waals surface area (Å²) in [5, 5.41) is 0. The minimum absolute atomic E-state index is 0.171. The molecule has 0 aliphatic heterocycles. The highest BCUT2D eigenvalue weighted by molar-refractivity contribution is 5.71. The molecule has 0 atom stereocenters. The largest absolute Gasteiger partial charge is 0.449 e. The lowest BCUT2D eigenvalue weighted by molar-refractivity contribution is -0.148. The molecule has 33 heavy (non-hydrogen) atoms. The Hall–Kier alpha value is -0.850. The van der Waals surface area contributed by atoms with Crippen LogP contribution in [0.5, 0.6) is 0 Å². The highest BCUT2D eigenvalue weighted by Crippen LogP contribution is 2.03. The van der Waals surface area contributed by atoms with Gasteiger partial charge in [0.1, 0.15) is 6.73 Å². The van der Waals surface area contributed by atoms with Crippen LogP contribution in [0.3, 0.4) is 0 Å². The Kier molecular flexibility index (Phi) is 22.3. The van der Waals surface area contributed by atoms with Crippen LogP contribution in [-0.4, -0.2) is 131 Å². The summed E-state index contributed by atoms with van der Waals surface area (Å²) in [6.45, 7) is 11.1. The van der Waals surface area contributed by atoms with E-state index in [4.69, 9.17) is 27.7 Å². The molecule has 0 amide bonds. The van der Waals surface area contributed by atoms with Gasteiger partial charge in [-0.15, -0.1) is 0 Å². The summed E-state index contributed by atoms with van der Waals surface area (Å²) in [7, 11) is 3.78. The lowest BCUT2D eigenvalue weighted by Crippen LogP contribution is -2.38. The number of esters is 1. The average Bonchev–Trinajstić information content (AvgIpc) is 2.80. The van der Waals surface area contributed by atoms with Crippen LogP contribution >= 0.6 is 0 Å². The second-order valence-corrected chi connectivity index (χ2v) is 8.96. The predicted molar refractivity (Wildman–Crippen MR) is 138 cm³/mol. The molecule has 0 radical (unpaired) electrons. The Morgan fingerprint density at radius 2 is 0.909 bits per heavy atom. The summed E-state index contributed by atoms with van der Waals surface area (Å²) in [4.78, 5) is 21.3. The van der Waals surface area contributed by atoms with E-state index in [9.17, 15) is 4.79 Å². The first-order valence-electron chi connectivity index (χ1n) is 12.7. The Morgan fingerprint density at radius 3 is 1.24 bits per heavy atom. The topological polar surface area (TPSA) is 143 Å². The van der Waals surface area contributed by atoms with Crippen molar-refractivity contribution in [3.05, 3.63) is 0 Å². The fourth-order valence-corrected chi connectivity index (χ4v) is 3.67. The van der Waals surface area contributed by atoms with Gasteiger partial charge in [0.15, 0.2) is 0 Å². The molecule has 8 N–H and O–H groups in total. The Morgan fingerprint density at radius 1 is 0.576 bits per heavy atom. The standard InChI is InChI=1S/C23H54N8O2/c1-28(2)22-33-23(32)21-31(19-7-17-29(13-3-9-24)14-4-10-25)20-8-18-30(15-5-11-26)16-6-12-27/h3-22,24-27H2,1-2H3. The first-order valence-corrected chi connectivity index (χ1v) is 12.7. The van der Waals surface area contributed by atoms with Gasteiger partial charge in [0, 0.05) is 0 Å². The van der Waals surface area contributed by atoms with Crippen molar-refractivity contribution in [2.75, 3.05) is 106 Å². The highest BCUT2D eigenvalue weighted by Gasteiger charge is 2.14. The summed E-state index contributed by atoms with van der Waals surface area (Å²) in [5.41, 5.74) is 22.8. The molecule has 0 aromatic carbocycles. The SMILES string of the molecule is CN(C)COC(=O)CN(CCCN(CCCN)CCCN)CCCN(CCCN)CCCN. The van der Waals surface area contributed by atoms with Gasteiger partial charge in [-0.1, -0.05) is 0 Å². The van der Waals surface area contributed by atoms with Crippen LogP contribution in [0.25, 0.3) is 0 Å². The summed E-state index contributed by atoms with van der Waals surface area (Å²) in [6.07, 6.45) is 5.97. The van der Waals surface area contributed by atoms with Crippen molar-refractivity contribution < 1.29 is 9.53 Å². The van der Waals surface area contributed by atoms with Crippen molar-refractivity contribution in [3.63, 3.8) is 0 Å². The number of carbonyl (C=O) groups is 1. The van der Waals surface area contributed by atoms with Crippen LogP contribution < -0.4 is 22.9 Å². The molecule has 10 nitrogen and oxygen atoms in total. The second-order valence-electron chi connectivity index (χ2n) is 8.96. The molecule has 10 heteroatoms. The molecule has 0 bridgehead atoms. The van der Waals surface area contributed by atoms with E-state index in [2.05, 4.69) is 14.7 Å². The van der Waals surface area contributed by atoms with Crippen molar-refractivity contribution in [2.45, 2.75) is 38.5 Å². The summed E-state index contributed by atoms with van der Waals surface area (Å²) in [6, 6.07) is 0. The second kappa shape index (κ2) is 22.9. The minimum atomic E-state index is -0.171. The number of hydrogen-bond acceptors (Lipinski definition) is 10. The van der Waals surface area contributed by atoms with Crippen molar-refractivity contribution in [1.82, 2.24) is 19.6 Å². The van der Waals surface area contributed by atoms with E-state index in [0.717, 1.165) is 90.9 Å². The average molecular weight is 475 g/mol. The Bertz CT molecular complexity index is 401. The van der Waals surface area contributed by atoms with E-state index in [0.29, 0.717) is 39.5 Å². The molecule has 198 valence electrons. The number of rotatable bonds is 24.